The van der Waals surface area contributed by atoms with Crippen LogP contribution in [0.25, 0.3) is 11.4 Å². The molecule has 1 heterocycles. The van der Waals surface area contributed by atoms with Crippen LogP contribution in [0.5, 0.6) is 0 Å². The van der Waals surface area contributed by atoms with Gasteiger partial charge in [-0.3, -0.25) is 4.79 Å². The Morgan fingerprint density at radius 2 is 1.91 bits per heavy atom. The predicted molar refractivity (Wildman–Crippen MR) is 111 cm³/mol. The average Bonchev–Trinajstić information content (AvgIpc) is 3.27. The highest BCUT2D eigenvalue weighted by molar-refractivity contribution is 5.77. The van der Waals surface area contributed by atoms with E-state index in [0.717, 1.165) is 17.7 Å². The standard InChI is InChI=1S/C23H24F3N3O3/c1-3-15(2)20(27-19(30)14-31-13-16-8-5-4-6-9-16)22-28-21(29-32-22)17-10-7-11-18(12-17)23(24,25)26/h4-12,15,20H,3,13-14H2,1-2H3,(H,27,30)/t15-,20-/m0/s1. The second-order valence-electron chi connectivity index (χ2n) is 7.44. The topological polar surface area (TPSA) is 77.2 Å². The molecule has 0 aliphatic rings. The fourth-order valence-corrected chi connectivity index (χ4v) is 3.05. The van der Waals surface area contributed by atoms with Crippen LogP contribution in [0.1, 0.15) is 43.3 Å². The Labute approximate surface area is 183 Å². The van der Waals surface area contributed by atoms with Crippen molar-refractivity contribution in [2.45, 2.75) is 39.1 Å². The largest absolute Gasteiger partial charge is 0.416 e. The lowest BCUT2D eigenvalue weighted by Gasteiger charge is -2.20. The van der Waals surface area contributed by atoms with Crippen LogP contribution in [0.4, 0.5) is 13.2 Å². The molecule has 1 amide bonds. The molecule has 2 atom stereocenters. The summed E-state index contributed by atoms with van der Waals surface area (Å²) < 4.78 is 49.8. The van der Waals surface area contributed by atoms with Gasteiger partial charge >= 0.3 is 6.18 Å². The van der Waals surface area contributed by atoms with Crippen molar-refractivity contribution in [1.29, 1.82) is 0 Å². The number of nitrogens with one attached hydrogen (secondary N) is 1. The number of benzene rings is 2. The number of alkyl halides is 3. The van der Waals surface area contributed by atoms with Crippen LogP contribution in [-0.4, -0.2) is 22.7 Å². The molecule has 0 fully saturated rings. The van der Waals surface area contributed by atoms with Crippen molar-refractivity contribution in [3.05, 3.63) is 71.6 Å². The Bertz CT molecular complexity index is 1020. The van der Waals surface area contributed by atoms with Gasteiger partial charge in [-0.15, -0.1) is 0 Å². The number of rotatable bonds is 9. The normalized spacial score (nSPS) is 13.5. The van der Waals surface area contributed by atoms with Crippen LogP contribution in [0.15, 0.2) is 59.1 Å². The molecule has 170 valence electrons. The molecule has 0 radical (unpaired) electrons. The Kier molecular flexibility index (Phi) is 7.63. The van der Waals surface area contributed by atoms with Crippen molar-refractivity contribution < 1.29 is 27.2 Å². The molecule has 3 rings (SSSR count). The Balaban J connectivity index is 1.69. The first-order valence-corrected chi connectivity index (χ1v) is 10.2. The molecule has 1 N–H and O–H groups in total. The predicted octanol–water partition coefficient (Wildman–Crippen LogP) is 5.18. The molecule has 1 aromatic heterocycles. The fraction of sp³-hybridized carbons (Fsp3) is 0.348. The molecular formula is C23H24F3N3O3. The maximum absolute atomic E-state index is 13.0. The third kappa shape index (κ3) is 6.16. The van der Waals surface area contributed by atoms with Crippen molar-refractivity contribution in [2.75, 3.05) is 6.61 Å². The van der Waals surface area contributed by atoms with Gasteiger partial charge in [-0.05, 0) is 23.6 Å². The van der Waals surface area contributed by atoms with Gasteiger partial charge in [0.2, 0.25) is 17.6 Å². The van der Waals surface area contributed by atoms with E-state index < -0.39 is 17.8 Å². The minimum Gasteiger partial charge on any atom is -0.367 e. The van der Waals surface area contributed by atoms with Gasteiger partial charge in [0.15, 0.2) is 0 Å². The zero-order valence-electron chi connectivity index (χ0n) is 17.7. The quantitative estimate of drug-likeness (QED) is 0.489. The molecule has 6 nitrogen and oxygen atoms in total. The van der Waals surface area contributed by atoms with Gasteiger partial charge < -0.3 is 14.6 Å². The summed E-state index contributed by atoms with van der Waals surface area (Å²) >= 11 is 0. The molecular weight excluding hydrogens is 423 g/mol. The van der Waals surface area contributed by atoms with E-state index in [-0.39, 0.29) is 35.7 Å². The monoisotopic (exact) mass is 447 g/mol. The van der Waals surface area contributed by atoms with Crippen molar-refractivity contribution in [3.8, 4) is 11.4 Å². The summed E-state index contributed by atoms with van der Waals surface area (Å²) in [6.45, 7) is 3.99. The minimum atomic E-state index is -4.48. The third-order valence-corrected chi connectivity index (χ3v) is 5.03. The van der Waals surface area contributed by atoms with Crippen LogP contribution in [0.3, 0.4) is 0 Å². The molecule has 0 unspecified atom stereocenters. The van der Waals surface area contributed by atoms with Gasteiger partial charge in [0.1, 0.15) is 12.6 Å². The fourth-order valence-electron chi connectivity index (χ4n) is 3.05. The van der Waals surface area contributed by atoms with E-state index in [1.54, 1.807) is 0 Å². The van der Waals surface area contributed by atoms with Gasteiger partial charge in [-0.2, -0.15) is 18.2 Å². The van der Waals surface area contributed by atoms with Crippen LogP contribution in [0, 0.1) is 5.92 Å². The maximum atomic E-state index is 13.0. The number of aromatic nitrogens is 2. The molecule has 0 aliphatic carbocycles. The van der Waals surface area contributed by atoms with Gasteiger partial charge in [-0.25, -0.2) is 0 Å². The maximum Gasteiger partial charge on any atom is 0.416 e. The lowest BCUT2D eigenvalue weighted by molar-refractivity contribution is -0.137. The van der Waals surface area contributed by atoms with Crippen molar-refractivity contribution in [3.63, 3.8) is 0 Å². The van der Waals surface area contributed by atoms with Crippen LogP contribution in [0.2, 0.25) is 0 Å². The molecule has 3 aromatic rings. The summed E-state index contributed by atoms with van der Waals surface area (Å²) in [6.07, 6.45) is -3.77. The average molecular weight is 447 g/mol. The molecule has 0 spiro atoms. The summed E-state index contributed by atoms with van der Waals surface area (Å²) in [4.78, 5) is 16.7. The highest BCUT2D eigenvalue weighted by atomic mass is 19.4. The summed E-state index contributed by atoms with van der Waals surface area (Å²) in [7, 11) is 0. The molecule has 2 aromatic carbocycles. The van der Waals surface area contributed by atoms with Gasteiger partial charge in [-0.1, -0.05) is 67.9 Å². The van der Waals surface area contributed by atoms with Crippen LogP contribution < -0.4 is 5.32 Å². The first-order chi connectivity index (χ1) is 15.3. The summed E-state index contributed by atoms with van der Waals surface area (Å²) in [6, 6.07) is 13.5. The van der Waals surface area contributed by atoms with E-state index in [1.165, 1.54) is 12.1 Å². The number of halogens is 3. The number of nitrogens with zero attached hydrogens (tertiary/aromatic N) is 2. The summed E-state index contributed by atoms with van der Waals surface area (Å²) in [5.74, 6) is -0.259. The molecule has 0 bridgehead atoms. The van der Waals surface area contributed by atoms with Crippen LogP contribution in [-0.2, 0) is 22.3 Å². The van der Waals surface area contributed by atoms with E-state index in [9.17, 15) is 18.0 Å². The molecule has 0 saturated heterocycles. The van der Waals surface area contributed by atoms with Gasteiger partial charge in [0, 0.05) is 5.56 Å². The van der Waals surface area contributed by atoms with Gasteiger partial charge in [0.25, 0.3) is 0 Å². The van der Waals surface area contributed by atoms with E-state index in [2.05, 4.69) is 15.5 Å². The number of amides is 1. The van der Waals surface area contributed by atoms with Crippen molar-refractivity contribution in [2.24, 2.45) is 5.92 Å². The van der Waals surface area contributed by atoms with E-state index in [4.69, 9.17) is 9.26 Å². The second-order valence-corrected chi connectivity index (χ2v) is 7.44. The number of carbonyl (C=O) groups is 1. The van der Waals surface area contributed by atoms with E-state index in [0.29, 0.717) is 13.0 Å². The second kappa shape index (κ2) is 10.4. The Morgan fingerprint density at radius 3 is 2.59 bits per heavy atom. The summed E-state index contributed by atoms with van der Waals surface area (Å²) in [5.41, 5.74) is 0.320. The first-order valence-electron chi connectivity index (χ1n) is 10.2. The zero-order chi connectivity index (χ0) is 23.1. The minimum absolute atomic E-state index is 0.0222. The lowest BCUT2D eigenvalue weighted by Crippen LogP contribution is -2.35. The molecule has 9 heteroatoms. The van der Waals surface area contributed by atoms with E-state index in [1.807, 2.05) is 44.2 Å². The molecule has 32 heavy (non-hydrogen) atoms. The van der Waals surface area contributed by atoms with Crippen molar-refractivity contribution >= 4 is 5.91 Å². The SMILES string of the molecule is CC[C@H](C)[C@H](NC(=O)COCc1ccccc1)c1nc(-c2cccc(C(F)(F)F)c2)no1. The summed E-state index contributed by atoms with van der Waals surface area (Å²) in [5, 5.41) is 6.65. The number of hydrogen-bond donors (Lipinski definition) is 1. The smallest absolute Gasteiger partial charge is 0.367 e. The lowest BCUT2D eigenvalue weighted by atomic mass is 9.99. The third-order valence-electron chi connectivity index (χ3n) is 5.03. The number of hydrogen-bond acceptors (Lipinski definition) is 5. The van der Waals surface area contributed by atoms with Crippen LogP contribution >= 0.6 is 0 Å². The first kappa shape index (κ1) is 23.5. The van der Waals surface area contributed by atoms with Crippen molar-refractivity contribution in [1.82, 2.24) is 15.5 Å². The Hall–Kier alpha value is -3.20. The zero-order valence-corrected chi connectivity index (χ0v) is 17.7. The Morgan fingerprint density at radius 1 is 1.16 bits per heavy atom. The highest BCUT2D eigenvalue weighted by Gasteiger charge is 2.31. The van der Waals surface area contributed by atoms with E-state index >= 15 is 0 Å². The molecule has 0 aliphatic heterocycles. The number of carbonyl (C=O) groups excluding carboxylic acids is 1. The number of ether oxygens (including phenoxy) is 1. The van der Waals surface area contributed by atoms with Gasteiger partial charge in [0.05, 0.1) is 12.2 Å². The highest BCUT2D eigenvalue weighted by Crippen LogP contribution is 2.32. The molecule has 0 saturated carbocycles.